The van der Waals surface area contributed by atoms with Gasteiger partial charge in [-0.1, -0.05) is 80.0 Å². The van der Waals surface area contributed by atoms with E-state index in [-0.39, 0.29) is 68.8 Å². The van der Waals surface area contributed by atoms with Crippen LogP contribution in [0.2, 0.25) is 0 Å². The number of hydrogen-bond acceptors (Lipinski definition) is 8. The van der Waals surface area contributed by atoms with E-state index in [1.54, 1.807) is 12.1 Å². The molecule has 3 aliphatic rings. The fraction of sp³-hybridized carbons (Fsp3) is 0.429. The average molecular weight is 598 g/mol. The number of fused-ring (bicyclic) bond motifs is 2. The van der Waals surface area contributed by atoms with E-state index in [9.17, 15) is 27.4 Å². The van der Waals surface area contributed by atoms with Gasteiger partial charge in [0, 0.05) is 5.56 Å². The average Bonchev–Trinajstić information content (AvgIpc) is 2.88. The molecule has 2 aromatic rings. The first kappa shape index (κ1) is 31.1. The second-order valence-corrected chi connectivity index (χ2v) is 14.4. The molecular formula is C28H36N3NaO6S2. The number of Topliss-reactive ketones (excluding diaryl/α,β-unsaturated/α-hetero) is 1. The van der Waals surface area contributed by atoms with Crippen LogP contribution in [0.4, 0.5) is 11.4 Å². The van der Waals surface area contributed by atoms with Gasteiger partial charge in [-0.3, -0.25) is 18.6 Å². The molecule has 1 atom stereocenters. The van der Waals surface area contributed by atoms with E-state index < -0.39 is 26.2 Å². The number of aliphatic hydroxyl groups is 1. The quantitative estimate of drug-likeness (QED) is 0.253. The van der Waals surface area contributed by atoms with Crippen LogP contribution in [0.25, 0.3) is 5.76 Å². The number of nitrogens with zero attached hydrogens (tertiary/aromatic N) is 1. The maximum atomic E-state index is 14.2. The molecule has 40 heavy (non-hydrogen) atoms. The second-order valence-electron chi connectivity index (χ2n) is 11.0. The third-order valence-corrected chi connectivity index (χ3v) is 10.0. The van der Waals surface area contributed by atoms with Gasteiger partial charge in [0.05, 0.1) is 23.0 Å². The van der Waals surface area contributed by atoms with Crippen molar-refractivity contribution < 1.29 is 27.4 Å². The number of carbonyl (C=O) groups excluding carboxylic acids is 1. The van der Waals surface area contributed by atoms with Gasteiger partial charge in [0.2, 0.25) is 10.0 Å². The molecule has 0 spiro atoms. The second kappa shape index (κ2) is 11.8. The summed E-state index contributed by atoms with van der Waals surface area (Å²) in [6, 6.07) is 11.5. The van der Waals surface area contributed by atoms with Crippen LogP contribution in [-0.4, -0.2) is 70.1 Å². The molecule has 0 amide bonds. The number of rotatable bonds is 7. The van der Waals surface area contributed by atoms with Gasteiger partial charge in [0.1, 0.15) is 16.2 Å². The van der Waals surface area contributed by atoms with Gasteiger partial charge in [0.15, 0.2) is 11.6 Å². The molecule has 5 N–H and O–H groups in total. The Morgan fingerprint density at radius 2 is 1.82 bits per heavy atom. The van der Waals surface area contributed by atoms with Gasteiger partial charge in [-0.05, 0) is 43.0 Å². The molecule has 0 aromatic heterocycles. The standard InChI is InChI=1S/C28H35N3O6S2.Na.H/c1-28(16-8-11-18-9-4-3-5-10-18)21-13-7-6-12-20(21)25(32)24(26(28)33)27-29-22-15-14-19(30-38(2,34)35)17-23(22)39(36,37)31-27;;/h6-7,12-15,17-18,30,32,36-37H,3-5,8-11,16H2,1-2H3,(H,29,31);;. The minimum atomic E-state index is -3.82. The van der Waals surface area contributed by atoms with Gasteiger partial charge >= 0.3 is 29.6 Å². The number of carbonyl (C=O) groups is 1. The normalized spacial score (nSPS) is 23.2. The Morgan fingerprint density at radius 1 is 1.12 bits per heavy atom. The van der Waals surface area contributed by atoms with Crippen LogP contribution < -0.4 is 10.0 Å². The molecule has 1 unspecified atom stereocenters. The van der Waals surface area contributed by atoms with Gasteiger partial charge < -0.3 is 10.4 Å². The van der Waals surface area contributed by atoms with Crippen molar-refractivity contribution in [2.45, 2.75) is 68.6 Å². The molecular weight excluding hydrogens is 561 g/mol. The Hall–Kier alpha value is -1.86. The zero-order valence-corrected chi connectivity index (χ0v) is 23.7. The first-order chi connectivity index (χ1) is 18.4. The third-order valence-electron chi connectivity index (χ3n) is 8.04. The van der Waals surface area contributed by atoms with Crippen LogP contribution >= 0.6 is 10.8 Å². The summed E-state index contributed by atoms with van der Waals surface area (Å²) < 4.78 is 51.6. The fourth-order valence-corrected chi connectivity index (χ4v) is 7.81. The summed E-state index contributed by atoms with van der Waals surface area (Å²) >= 11 is 0. The van der Waals surface area contributed by atoms with Crippen LogP contribution in [0, 0.1) is 5.92 Å². The molecule has 212 valence electrons. The van der Waals surface area contributed by atoms with E-state index in [0.29, 0.717) is 17.9 Å². The van der Waals surface area contributed by atoms with Gasteiger partial charge in [-0.2, -0.15) is 0 Å². The fourth-order valence-electron chi connectivity index (χ4n) is 6.06. The molecule has 9 nitrogen and oxygen atoms in total. The molecule has 1 heterocycles. The van der Waals surface area contributed by atoms with Crippen molar-refractivity contribution in [3.8, 4) is 0 Å². The van der Waals surface area contributed by atoms with Crippen LogP contribution in [0.5, 0.6) is 0 Å². The number of nitrogens with one attached hydrogen (secondary N) is 2. The SMILES string of the molecule is CC1(CCCC2CCCCC2)C(=O)C(C2=NS(O)(O)c3cc(NS(C)(=O)=O)ccc3N2)=C(O)c2ccccc21.[NaH]. The molecule has 5 rings (SSSR count). The van der Waals surface area contributed by atoms with Crippen LogP contribution in [0.3, 0.4) is 0 Å². The molecule has 2 aliphatic carbocycles. The Morgan fingerprint density at radius 3 is 2.52 bits per heavy atom. The van der Waals surface area contributed by atoms with Gasteiger partial charge in [0.25, 0.3) is 0 Å². The number of hydrogen-bond donors (Lipinski definition) is 5. The third kappa shape index (κ3) is 6.16. The molecule has 0 saturated heterocycles. The van der Waals surface area contributed by atoms with E-state index in [1.807, 2.05) is 19.1 Å². The van der Waals surface area contributed by atoms with E-state index in [1.165, 1.54) is 50.3 Å². The Kier molecular flexibility index (Phi) is 9.16. The van der Waals surface area contributed by atoms with Crippen LogP contribution in [0.15, 0.2) is 57.3 Å². The van der Waals surface area contributed by atoms with Crippen molar-refractivity contribution >= 4 is 79.1 Å². The van der Waals surface area contributed by atoms with Crippen molar-refractivity contribution in [2.75, 3.05) is 16.3 Å². The number of benzene rings is 2. The molecule has 1 saturated carbocycles. The molecule has 2 aromatic carbocycles. The number of anilines is 2. The van der Waals surface area contributed by atoms with E-state index in [4.69, 9.17) is 0 Å². The van der Waals surface area contributed by atoms with Crippen molar-refractivity contribution in [2.24, 2.45) is 10.3 Å². The van der Waals surface area contributed by atoms with Crippen molar-refractivity contribution in [3.05, 3.63) is 59.2 Å². The van der Waals surface area contributed by atoms with E-state index in [0.717, 1.165) is 24.7 Å². The summed E-state index contributed by atoms with van der Waals surface area (Å²) in [7, 11) is -7.40. The van der Waals surface area contributed by atoms with Crippen molar-refractivity contribution in [3.63, 3.8) is 0 Å². The molecule has 0 bridgehead atoms. The van der Waals surface area contributed by atoms with E-state index in [2.05, 4.69) is 14.4 Å². The first-order valence-corrected chi connectivity index (χ1v) is 16.6. The summed E-state index contributed by atoms with van der Waals surface area (Å²) in [6.07, 6.45) is 9.77. The van der Waals surface area contributed by atoms with Gasteiger partial charge in [-0.15, -0.1) is 4.40 Å². The monoisotopic (exact) mass is 597 g/mol. The Bertz CT molecular complexity index is 1480. The van der Waals surface area contributed by atoms with Crippen LogP contribution in [-0.2, 0) is 20.2 Å². The summed E-state index contributed by atoms with van der Waals surface area (Å²) in [5, 5.41) is 14.3. The number of sulfonamides is 1. The number of aliphatic hydroxyl groups excluding tert-OH is 1. The predicted molar refractivity (Wildman–Crippen MR) is 163 cm³/mol. The van der Waals surface area contributed by atoms with Crippen molar-refractivity contribution in [1.29, 1.82) is 0 Å². The predicted octanol–water partition coefficient (Wildman–Crippen LogP) is 5.82. The first-order valence-electron chi connectivity index (χ1n) is 13.2. The van der Waals surface area contributed by atoms with Gasteiger partial charge in [-0.25, -0.2) is 8.42 Å². The summed E-state index contributed by atoms with van der Waals surface area (Å²) in [6.45, 7) is 1.89. The zero-order valence-electron chi connectivity index (χ0n) is 22.1. The maximum absolute atomic E-state index is 14.2. The topological polar surface area (TPSA) is 148 Å². The molecule has 0 radical (unpaired) electrons. The Balaban J connectivity index is 0.00000370. The van der Waals surface area contributed by atoms with Crippen LogP contribution in [0.1, 0.15) is 69.4 Å². The summed E-state index contributed by atoms with van der Waals surface area (Å²) in [5.41, 5.74) is 0.657. The number of ketones is 1. The summed E-state index contributed by atoms with van der Waals surface area (Å²) in [4.78, 5) is 14.2. The molecule has 1 aliphatic heterocycles. The summed E-state index contributed by atoms with van der Waals surface area (Å²) in [5.74, 6) is -0.0410. The van der Waals surface area contributed by atoms with E-state index >= 15 is 0 Å². The Labute approximate surface area is 259 Å². The number of amidine groups is 1. The zero-order chi connectivity index (χ0) is 28.0. The van der Waals surface area contributed by atoms with Crippen molar-refractivity contribution in [1.82, 2.24) is 0 Å². The minimum absolute atomic E-state index is 0. The molecule has 12 heteroatoms. The molecule has 1 fully saturated rings.